The molecule has 0 aliphatic rings. The predicted octanol–water partition coefficient (Wildman–Crippen LogP) is 1.57. The van der Waals surface area contributed by atoms with E-state index in [4.69, 9.17) is 5.73 Å². The first-order chi connectivity index (χ1) is 8.72. The molecule has 2 aromatic rings. The molecule has 4 heteroatoms. The Morgan fingerprint density at radius 3 is 2.67 bits per heavy atom. The van der Waals surface area contributed by atoms with Gasteiger partial charge in [-0.3, -0.25) is 4.79 Å². The molecule has 0 amide bonds. The summed E-state index contributed by atoms with van der Waals surface area (Å²) in [6.07, 6.45) is 0.754. The first-order valence-corrected chi connectivity index (χ1v) is 6.06. The molecule has 0 aliphatic carbocycles. The maximum atomic E-state index is 11.8. The molecule has 0 fully saturated rings. The van der Waals surface area contributed by atoms with Crippen LogP contribution in [0.1, 0.15) is 12.0 Å². The summed E-state index contributed by atoms with van der Waals surface area (Å²) in [5.41, 5.74) is 8.17. The van der Waals surface area contributed by atoms with Crippen LogP contribution in [0.25, 0.3) is 11.3 Å². The lowest BCUT2D eigenvalue weighted by atomic mass is 10.1. The van der Waals surface area contributed by atoms with Crippen molar-refractivity contribution in [2.75, 3.05) is 6.54 Å². The van der Waals surface area contributed by atoms with E-state index in [1.54, 1.807) is 6.07 Å². The van der Waals surface area contributed by atoms with Crippen molar-refractivity contribution in [3.63, 3.8) is 0 Å². The van der Waals surface area contributed by atoms with Crippen LogP contribution in [-0.2, 0) is 6.54 Å². The molecular formula is C14H17N3O. The molecule has 94 valence electrons. The number of aromatic nitrogens is 2. The molecule has 0 aliphatic heterocycles. The van der Waals surface area contributed by atoms with Crippen LogP contribution in [-0.4, -0.2) is 16.3 Å². The first-order valence-electron chi connectivity index (χ1n) is 6.06. The van der Waals surface area contributed by atoms with Gasteiger partial charge in [-0.15, -0.1) is 0 Å². The molecule has 1 aromatic heterocycles. The van der Waals surface area contributed by atoms with Crippen molar-refractivity contribution in [3.8, 4) is 11.3 Å². The smallest absolute Gasteiger partial charge is 0.267 e. The summed E-state index contributed by atoms with van der Waals surface area (Å²) < 4.78 is 1.49. The lowest BCUT2D eigenvalue weighted by molar-refractivity contribution is 0.555. The summed E-state index contributed by atoms with van der Waals surface area (Å²) in [4.78, 5) is 11.8. The Balaban J connectivity index is 2.45. The second-order valence-electron chi connectivity index (χ2n) is 4.25. The van der Waals surface area contributed by atoms with E-state index in [2.05, 4.69) is 5.10 Å². The van der Waals surface area contributed by atoms with Gasteiger partial charge in [0, 0.05) is 18.2 Å². The normalized spacial score (nSPS) is 10.6. The van der Waals surface area contributed by atoms with E-state index in [1.807, 2.05) is 37.3 Å². The molecule has 0 unspecified atom stereocenters. The number of benzene rings is 1. The van der Waals surface area contributed by atoms with Gasteiger partial charge in [-0.05, 0) is 25.5 Å². The quantitative estimate of drug-likeness (QED) is 0.886. The van der Waals surface area contributed by atoms with Gasteiger partial charge in [0.15, 0.2) is 0 Å². The van der Waals surface area contributed by atoms with Crippen molar-refractivity contribution in [1.82, 2.24) is 9.78 Å². The van der Waals surface area contributed by atoms with Crippen molar-refractivity contribution in [3.05, 3.63) is 52.3 Å². The zero-order chi connectivity index (χ0) is 13.0. The molecule has 18 heavy (non-hydrogen) atoms. The molecule has 0 saturated carbocycles. The molecule has 2 rings (SSSR count). The minimum Gasteiger partial charge on any atom is -0.330 e. The van der Waals surface area contributed by atoms with E-state index in [9.17, 15) is 4.79 Å². The number of hydrogen-bond donors (Lipinski definition) is 1. The van der Waals surface area contributed by atoms with E-state index >= 15 is 0 Å². The topological polar surface area (TPSA) is 60.9 Å². The summed E-state index contributed by atoms with van der Waals surface area (Å²) in [5.74, 6) is 0. The summed E-state index contributed by atoms with van der Waals surface area (Å²) in [6, 6.07) is 11.5. The first kappa shape index (κ1) is 12.5. The van der Waals surface area contributed by atoms with Crippen LogP contribution in [0.5, 0.6) is 0 Å². The lowest BCUT2D eigenvalue weighted by Crippen LogP contribution is -2.24. The molecule has 0 atom stereocenters. The molecule has 0 radical (unpaired) electrons. The minimum absolute atomic E-state index is 0.0689. The van der Waals surface area contributed by atoms with E-state index in [-0.39, 0.29) is 5.56 Å². The Morgan fingerprint density at radius 2 is 2.00 bits per heavy atom. The van der Waals surface area contributed by atoms with Gasteiger partial charge in [-0.2, -0.15) is 5.10 Å². The van der Waals surface area contributed by atoms with E-state index < -0.39 is 0 Å². The molecule has 4 nitrogen and oxygen atoms in total. The van der Waals surface area contributed by atoms with E-state index in [0.717, 1.165) is 23.2 Å². The predicted molar refractivity (Wildman–Crippen MR) is 72.3 cm³/mol. The summed E-state index contributed by atoms with van der Waals surface area (Å²) in [7, 11) is 0. The van der Waals surface area contributed by atoms with Crippen LogP contribution < -0.4 is 11.3 Å². The minimum atomic E-state index is -0.0689. The average Bonchev–Trinajstić information content (AvgIpc) is 2.39. The zero-order valence-electron chi connectivity index (χ0n) is 10.5. The number of nitrogens with zero attached hydrogens (tertiary/aromatic N) is 2. The third-order valence-corrected chi connectivity index (χ3v) is 2.81. The van der Waals surface area contributed by atoms with Crippen molar-refractivity contribution in [2.45, 2.75) is 19.9 Å². The highest BCUT2D eigenvalue weighted by molar-refractivity contribution is 5.61. The van der Waals surface area contributed by atoms with Crippen LogP contribution in [0.3, 0.4) is 0 Å². The monoisotopic (exact) mass is 243 g/mol. The van der Waals surface area contributed by atoms with E-state index in [0.29, 0.717) is 13.1 Å². The van der Waals surface area contributed by atoms with Gasteiger partial charge in [-0.1, -0.05) is 30.3 Å². The number of hydrogen-bond acceptors (Lipinski definition) is 3. The molecule has 1 heterocycles. The van der Waals surface area contributed by atoms with Gasteiger partial charge in [-0.25, -0.2) is 4.68 Å². The second kappa shape index (κ2) is 5.60. The van der Waals surface area contributed by atoms with Crippen LogP contribution in [0, 0.1) is 6.92 Å². The van der Waals surface area contributed by atoms with Gasteiger partial charge < -0.3 is 5.73 Å². The Bertz CT molecular complexity index is 575. The molecule has 2 N–H and O–H groups in total. The fourth-order valence-electron chi connectivity index (χ4n) is 1.86. The van der Waals surface area contributed by atoms with Crippen molar-refractivity contribution in [2.24, 2.45) is 5.73 Å². The van der Waals surface area contributed by atoms with Crippen LogP contribution in [0.4, 0.5) is 0 Å². The standard InChI is InChI=1S/C14H17N3O/c1-11-10-13(18)17(9-5-8-15)16-14(11)12-6-3-2-4-7-12/h2-4,6-7,10H,5,8-9,15H2,1H3. The van der Waals surface area contributed by atoms with Gasteiger partial charge in [0.1, 0.15) is 0 Å². The fraction of sp³-hybridized carbons (Fsp3) is 0.286. The van der Waals surface area contributed by atoms with E-state index in [1.165, 1.54) is 4.68 Å². The zero-order valence-corrected chi connectivity index (χ0v) is 10.5. The third-order valence-electron chi connectivity index (χ3n) is 2.81. The van der Waals surface area contributed by atoms with Crippen molar-refractivity contribution in [1.29, 1.82) is 0 Å². The number of rotatable bonds is 4. The summed E-state index contributed by atoms with van der Waals surface area (Å²) in [5, 5.41) is 4.43. The van der Waals surface area contributed by atoms with Crippen molar-refractivity contribution < 1.29 is 0 Å². The summed E-state index contributed by atoms with van der Waals surface area (Å²) in [6.45, 7) is 3.03. The molecule has 0 saturated heterocycles. The Kier molecular flexibility index (Phi) is 3.89. The largest absolute Gasteiger partial charge is 0.330 e. The molecule has 0 spiro atoms. The van der Waals surface area contributed by atoms with Crippen molar-refractivity contribution >= 4 is 0 Å². The highest BCUT2D eigenvalue weighted by atomic mass is 16.1. The van der Waals surface area contributed by atoms with Gasteiger partial charge in [0.25, 0.3) is 5.56 Å². The van der Waals surface area contributed by atoms with Gasteiger partial charge >= 0.3 is 0 Å². The molecule has 1 aromatic carbocycles. The van der Waals surface area contributed by atoms with Crippen LogP contribution in [0.15, 0.2) is 41.2 Å². The van der Waals surface area contributed by atoms with Crippen LogP contribution >= 0.6 is 0 Å². The molecule has 0 bridgehead atoms. The Hall–Kier alpha value is -1.94. The van der Waals surface area contributed by atoms with Gasteiger partial charge in [0.05, 0.1) is 5.69 Å². The highest BCUT2D eigenvalue weighted by Crippen LogP contribution is 2.18. The summed E-state index contributed by atoms with van der Waals surface area (Å²) >= 11 is 0. The van der Waals surface area contributed by atoms with Crippen LogP contribution in [0.2, 0.25) is 0 Å². The highest BCUT2D eigenvalue weighted by Gasteiger charge is 2.07. The lowest BCUT2D eigenvalue weighted by Gasteiger charge is -2.09. The molecular weight excluding hydrogens is 226 g/mol. The fourth-order valence-corrected chi connectivity index (χ4v) is 1.86. The maximum Gasteiger partial charge on any atom is 0.267 e. The van der Waals surface area contributed by atoms with Gasteiger partial charge in [0.2, 0.25) is 0 Å². The number of nitrogens with two attached hydrogens (primary N) is 1. The second-order valence-corrected chi connectivity index (χ2v) is 4.25. The average molecular weight is 243 g/mol. The Labute approximate surface area is 106 Å². The maximum absolute atomic E-state index is 11.8. The Morgan fingerprint density at radius 1 is 1.28 bits per heavy atom. The SMILES string of the molecule is Cc1cc(=O)n(CCCN)nc1-c1ccccc1. The number of aryl methyl sites for hydroxylation is 2. The third kappa shape index (κ3) is 2.65.